The van der Waals surface area contributed by atoms with Crippen LogP contribution in [0.15, 0.2) is 57.4 Å². The highest BCUT2D eigenvalue weighted by Gasteiger charge is 2.37. The summed E-state index contributed by atoms with van der Waals surface area (Å²) in [6.45, 7) is 0. The van der Waals surface area contributed by atoms with Gasteiger partial charge in [0.25, 0.3) is 5.91 Å². The van der Waals surface area contributed by atoms with Gasteiger partial charge in [-0.05, 0) is 23.8 Å². The number of carbonyl (C=O) groups is 1. The number of thioether (sulfide) groups is 1. The number of hydrogen-bond acceptors (Lipinski definition) is 8. The Labute approximate surface area is 194 Å². The van der Waals surface area contributed by atoms with Gasteiger partial charge in [0.1, 0.15) is 5.84 Å². The van der Waals surface area contributed by atoms with Crippen LogP contribution in [0.3, 0.4) is 0 Å². The average molecular weight is 469 g/mol. The van der Waals surface area contributed by atoms with E-state index in [1.807, 2.05) is 30.3 Å². The maximum Gasteiger partial charge on any atom is 0.283 e. The van der Waals surface area contributed by atoms with Gasteiger partial charge in [-0.15, -0.1) is 0 Å². The van der Waals surface area contributed by atoms with E-state index in [9.17, 15) is 4.79 Å². The number of rotatable bonds is 6. The van der Waals surface area contributed by atoms with Crippen molar-refractivity contribution < 1.29 is 19.0 Å². The van der Waals surface area contributed by atoms with E-state index in [1.54, 1.807) is 23.1 Å². The van der Waals surface area contributed by atoms with Gasteiger partial charge in [-0.2, -0.15) is 9.39 Å². The molecule has 0 unspecified atom stereocenters. The number of nitrogens with one attached hydrogen (secondary N) is 1. The largest absolute Gasteiger partial charge is 0.493 e. The molecule has 0 bridgehead atoms. The molecule has 1 amide bonds. The van der Waals surface area contributed by atoms with Crippen LogP contribution in [-0.2, 0) is 10.5 Å². The van der Waals surface area contributed by atoms with Crippen LogP contribution < -0.4 is 14.2 Å². The molecule has 0 aromatic heterocycles. The van der Waals surface area contributed by atoms with Crippen LogP contribution in [0.1, 0.15) is 11.1 Å². The second kappa shape index (κ2) is 9.49. The summed E-state index contributed by atoms with van der Waals surface area (Å²) in [4.78, 5) is 18.5. The van der Waals surface area contributed by atoms with Crippen LogP contribution in [0, 0.1) is 5.41 Å². The topological polar surface area (TPSA) is 96.6 Å². The SMILES string of the molecule is COc1ccc(/C=C2/C(=N)N3C(SCc4ccccc4)=NSC3=NC2=O)c(OC)c1OC. The fourth-order valence-corrected chi connectivity index (χ4v) is 5.01. The number of nitrogens with zero attached hydrogens (tertiary/aromatic N) is 3. The average Bonchev–Trinajstić information content (AvgIpc) is 3.23. The molecular formula is C22H20N4O4S2. The summed E-state index contributed by atoms with van der Waals surface area (Å²) in [5, 5.41) is 9.72. The van der Waals surface area contributed by atoms with Crippen molar-refractivity contribution in [2.45, 2.75) is 5.75 Å². The lowest BCUT2D eigenvalue weighted by Gasteiger charge is -2.24. The molecule has 0 saturated carbocycles. The molecule has 4 rings (SSSR count). The smallest absolute Gasteiger partial charge is 0.283 e. The van der Waals surface area contributed by atoms with E-state index in [0.29, 0.717) is 38.9 Å². The number of hydrogen-bond donors (Lipinski definition) is 1. The second-order valence-corrected chi connectivity index (χ2v) is 8.28. The molecule has 0 spiro atoms. The van der Waals surface area contributed by atoms with Crippen LogP contribution in [0.5, 0.6) is 17.2 Å². The van der Waals surface area contributed by atoms with Crippen LogP contribution >= 0.6 is 23.7 Å². The molecule has 1 N–H and O–H groups in total. The van der Waals surface area contributed by atoms with Crippen molar-refractivity contribution in [1.82, 2.24) is 4.90 Å². The highest BCUT2D eigenvalue weighted by molar-refractivity contribution is 8.18. The minimum absolute atomic E-state index is 0.0150. The Morgan fingerprint density at radius 3 is 2.50 bits per heavy atom. The molecule has 0 aliphatic carbocycles. The first-order valence-electron chi connectivity index (χ1n) is 9.51. The first kappa shape index (κ1) is 22.0. The molecule has 2 aromatic rings. The molecule has 0 atom stereocenters. The van der Waals surface area contributed by atoms with Crippen LogP contribution in [0.4, 0.5) is 0 Å². The van der Waals surface area contributed by atoms with Gasteiger partial charge in [0.2, 0.25) is 10.9 Å². The number of amidine groups is 3. The van der Waals surface area contributed by atoms with Crippen molar-refractivity contribution in [1.29, 1.82) is 5.41 Å². The lowest BCUT2D eigenvalue weighted by Crippen LogP contribution is -2.41. The first-order chi connectivity index (χ1) is 15.6. The Morgan fingerprint density at radius 2 is 1.81 bits per heavy atom. The van der Waals surface area contributed by atoms with E-state index < -0.39 is 5.91 Å². The maximum absolute atomic E-state index is 12.7. The van der Waals surface area contributed by atoms with Crippen molar-refractivity contribution in [3.8, 4) is 17.2 Å². The van der Waals surface area contributed by atoms with Gasteiger partial charge in [0, 0.05) is 11.3 Å². The number of carbonyl (C=O) groups excluding carboxylic acids is 1. The molecule has 2 aliphatic rings. The third-order valence-electron chi connectivity index (χ3n) is 4.74. The summed E-state index contributed by atoms with van der Waals surface area (Å²) in [5.74, 6) is 1.50. The van der Waals surface area contributed by atoms with Gasteiger partial charge in [-0.3, -0.25) is 10.2 Å². The van der Waals surface area contributed by atoms with Crippen LogP contribution in [0.2, 0.25) is 0 Å². The molecule has 2 aliphatic heterocycles. The zero-order valence-electron chi connectivity index (χ0n) is 17.6. The third kappa shape index (κ3) is 4.11. The number of ether oxygens (including phenoxy) is 3. The minimum atomic E-state index is -0.505. The molecule has 164 valence electrons. The van der Waals surface area contributed by atoms with Crippen molar-refractivity contribution in [3.63, 3.8) is 0 Å². The molecule has 2 aromatic carbocycles. The quantitative estimate of drug-likeness (QED) is 0.501. The minimum Gasteiger partial charge on any atom is -0.493 e. The molecule has 32 heavy (non-hydrogen) atoms. The predicted molar refractivity (Wildman–Crippen MR) is 129 cm³/mol. The first-order valence-corrected chi connectivity index (χ1v) is 11.3. The molecular weight excluding hydrogens is 448 g/mol. The summed E-state index contributed by atoms with van der Waals surface area (Å²) >= 11 is 2.59. The number of fused-ring (bicyclic) bond motifs is 1. The van der Waals surface area contributed by atoms with Crippen molar-refractivity contribution in [3.05, 3.63) is 59.2 Å². The fraction of sp³-hybridized carbons (Fsp3) is 0.182. The van der Waals surface area contributed by atoms with Gasteiger partial charge in [0.15, 0.2) is 16.7 Å². The zero-order chi connectivity index (χ0) is 22.7. The molecule has 2 heterocycles. The lowest BCUT2D eigenvalue weighted by molar-refractivity contribution is -0.114. The lowest BCUT2D eigenvalue weighted by atomic mass is 10.1. The summed E-state index contributed by atoms with van der Waals surface area (Å²) in [6, 6.07) is 13.4. The molecule has 0 saturated heterocycles. The third-order valence-corrected chi connectivity index (χ3v) is 6.57. The number of aliphatic imine (C=N–C) groups is 1. The van der Waals surface area contributed by atoms with E-state index in [0.717, 1.165) is 17.5 Å². The monoisotopic (exact) mass is 468 g/mol. The number of amides is 1. The molecule has 0 radical (unpaired) electrons. The Hall–Kier alpha value is -3.24. The Bertz CT molecular complexity index is 1160. The van der Waals surface area contributed by atoms with Crippen molar-refractivity contribution in [2.24, 2.45) is 9.39 Å². The number of benzene rings is 2. The predicted octanol–water partition coefficient (Wildman–Crippen LogP) is 4.22. The Kier molecular flexibility index (Phi) is 6.52. The zero-order valence-corrected chi connectivity index (χ0v) is 19.3. The second-order valence-electron chi connectivity index (χ2n) is 6.60. The summed E-state index contributed by atoms with van der Waals surface area (Å²) < 4.78 is 20.7. The van der Waals surface area contributed by atoms with Gasteiger partial charge in [0.05, 0.1) is 38.9 Å². The Morgan fingerprint density at radius 1 is 1.06 bits per heavy atom. The highest BCUT2D eigenvalue weighted by Crippen LogP contribution is 2.41. The molecule has 0 fully saturated rings. The summed E-state index contributed by atoms with van der Waals surface area (Å²) in [6.07, 6.45) is 1.58. The van der Waals surface area contributed by atoms with E-state index >= 15 is 0 Å². The van der Waals surface area contributed by atoms with E-state index in [1.165, 1.54) is 33.1 Å². The van der Waals surface area contributed by atoms with E-state index in [4.69, 9.17) is 19.6 Å². The molecule has 10 heteroatoms. The fourth-order valence-electron chi connectivity index (χ4n) is 3.21. The standard InChI is InChI=1S/C22H20N4O4S2/c1-28-16-10-9-14(17(29-2)18(16)30-3)11-15-19(23)26-21(24-20(15)27)32-25-22(26)31-12-13-7-5-4-6-8-13/h4-11,23H,12H2,1-3H3/b15-11-,23-19?. The number of methoxy groups -OCH3 is 3. The van der Waals surface area contributed by atoms with E-state index in [-0.39, 0.29) is 11.4 Å². The highest BCUT2D eigenvalue weighted by atomic mass is 32.2. The van der Waals surface area contributed by atoms with Crippen LogP contribution in [0.25, 0.3) is 6.08 Å². The van der Waals surface area contributed by atoms with Crippen LogP contribution in [-0.4, -0.2) is 48.3 Å². The Balaban J connectivity index is 1.65. The van der Waals surface area contributed by atoms with Gasteiger partial charge in [-0.25, -0.2) is 4.90 Å². The van der Waals surface area contributed by atoms with Crippen molar-refractivity contribution >= 4 is 51.9 Å². The summed E-state index contributed by atoms with van der Waals surface area (Å²) in [5.41, 5.74) is 1.84. The van der Waals surface area contributed by atoms with Crippen molar-refractivity contribution in [2.75, 3.05) is 21.3 Å². The van der Waals surface area contributed by atoms with Gasteiger partial charge < -0.3 is 14.2 Å². The van der Waals surface area contributed by atoms with E-state index in [2.05, 4.69) is 9.39 Å². The molecule has 8 nitrogen and oxygen atoms in total. The van der Waals surface area contributed by atoms with Gasteiger partial charge >= 0.3 is 0 Å². The van der Waals surface area contributed by atoms with Gasteiger partial charge in [-0.1, -0.05) is 42.1 Å². The normalized spacial score (nSPS) is 16.6. The maximum atomic E-state index is 12.7. The summed E-state index contributed by atoms with van der Waals surface area (Å²) in [7, 11) is 4.55.